The molecule has 20 heavy (non-hydrogen) atoms. The maximum Gasteiger partial charge on any atom is 0.248 e. The zero-order valence-electron chi connectivity index (χ0n) is 11.3. The SMILES string of the molecule is CC[C@@H](Nc1ccc(Br)cc1)C(=O)Nc1cc(C)on1. The summed E-state index contributed by atoms with van der Waals surface area (Å²) < 4.78 is 5.92. The smallest absolute Gasteiger partial charge is 0.248 e. The molecule has 1 aromatic heterocycles. The van der Waals surface area contributed by atoms with Gasteiger partial charge in [-0.15, -0.1) is 0 Å². The van der Waals surface area contributed by atoms with E-state index in [1.165, 1.54) is 0 Å². The second-order valence-corrected chi connectivity index (χ2v) is 5.34. The molecule has 0 radical (unpaired) electrons. The number of anilines is 2. The minimum Gasteiger partial charge on any atom is -0.374 e. The number of aromatic nitrogens is 1. The van der Waals surface area contributed by atoms with Gasteiger partial charge in [0.2, 0.25) is 5.91 Å². The molecule has 1 heterocycles. The van der Waals surface area contributed by atoms with Crippen molar-refractivity contribution in [1.82, 2.24) is 5.16 Å². The number of rotatable bonds is 5. The molecule has 0 aliphatic carbocycles. The van der Waals surface area contributed by atoms with Crippen molar-refractivity contribution in [2.24, 2.45) is 0 Å². The van der Waals surface area contributed by atoms with Crippen LogP contribution in [0, 0.1) is 6.92 Å². The molecule has 6 heteroatoms. The van der Waals surface area contributed by atoms with Crippen molar-refractivity contribution < 1.29 is 9.32 Å². The highest BCUT2D eigenvalue weighted by molar-refractivity contribution is 9.10. The van der Waals surface area contributed by atoms with E-state index in [1.807, 2.05) is 31.2 Å². The van der Waals surface area contributed by atoms with Crippen molar-refractivity contribution in [3.05, 3.63) is 40.6 Å². The molecule has 1 atom stereocenters. The van der Waals surface area contributed by atoms with E-state index in [4.69, 9.17) is 4.52 Å². The zero-order valence-corrected chi connectivity index (χ0v) is 12.9. The first kappa shape index (κ1) is 14.6. The molecular formula is C14H16BrN3O2. The number of hydrogen-bond donors (Lipinski definition) is 2. The molecule has 0 aliphatic rings. The summed E-state index contributed by atoms with van der Waals surface area (Å²) in [5.41, 5.74) is 0.895. The lowest BCUT2D eigenvalue weighted by atomic mass is 10.2. The number of amides is 1. The number of carbonyl (C=O) groups excluding carboxylic acids is 1. The maximum absolute atomic E-state index is 12.2. The van der Waals surface area contributed by atoms with Crippen LogP contribution in [0.3, 0.4) is 0 Å². The Kier molecular flexibility index (Phi) is 4.79. The Hall–Kier alpha value is -1.82. The van der Waals surface area contributed by atoms with Crippen LogP contribution in [0.25, 0.3) is 0 Å². The molecule has 0 saturated carbocycles. The summed E-state index contributed by atoms with van der Waals surface area (Å²) in [7, 11) is 0. The average Bonchev–Trinajstić information content (AvgIpc) is 2.83. The van der Waals surface area contributed by atoms with Gasteiger partial charge < -0.3 is 15.2 Å². The minimum absolute atomic E-state index is 0.135. The summed E-state index contributed by atoms with van der Waals surface area (Å²) in [4.78, 5) is 12.2. The number of hydrogen-bond acceptors (Lipinski definition) is 4. The highest BCUT2D eigenvalue weighted by Crippen LogP contribution is 2.16. The molecule has 1 aromatic carbocycles. The van der Waals surface area contributed by atoms with Crippen LogP contribution < -0.4 is 10.6 Å². The number of halogens is 1. The van der Waals surface area contributed by atoms with Gasteiger partial charge >= 0.3 is 0 Å². The van der Waals surface area contributed by atoms with E-state index in [2.05, 4.69) is 31.7 Å². The molecule has 0 bridgehead atoms. The Balaban J connectivity index is 2.00. The van der Waals surface area contributed by atoms with Crippen molar-refractivity contribution in [3.8, 4) is 0 Å². The van der Waals surface area contributed by atoms with Crippen molar-refractivity contribution in [1.29, 1.82) is 0 Å². The van der Waals surface area contributed by atoms with Gasteiger partial charge in [-0.25, -0.2) is 0 Å². The van der Waals surface area contributed by atoms with Crippen LogP contribution in [0.5, 0.6) is 0 Å². The van der Waals surface area contributed by atoms with Gasteiger partial charge in [0.05, 0.1) is 0 Å². The molecule has 0 fully saturated rings. The van der Waals surface area contributed by atoms with Crippen LogP contribution in [0.15, 0.2) is 39.3 Å². The van der Waals surface area contributed by atoms with E-state index in [-0.39, 0.29) is 11.9 Å². The van der Waals surface area contributed by atoms with E-state index in [1.54, 1.807) is 13.0 Å². The monoisotopic (exact) mass is 337 g/mol. The fraction of sp³-hybridized carbons (Fsp3) is 0.286. The quantitative estimate of drug-likeness (QED) is 0.875. The summed E-state index contributed by atoms with van der Waals surface area (Å²) >= 11 is 3.38. The highest BCUT2D eigenvalue weighted by atomic mass is 79.9. The first-order valence-corrected chi connectivity index (χ1v) is 7.14. The van der Waals surface area contributed by atoms with E-state index in [9.17, 15) is 4.79 Å². The summed E-state index contributed by atoms with van der Waals surface area (Å²) in [6.07, 6.45) is 0.665. The fourth-order valence-corrected chi connectivity index (χ4v) is 2.00. The van der Waals surface area contributed by atoms with E-state index in [0.29, 0.717) is 18.0 Å². The van der Waals surface area contributed by atoms with Crippen LogP contribution in [0.4, 0.5) is 11.5 Å². The lowest BCUT2D eigenvalue weighted by Gasteiger charge is -2.17. The van der Waals surface area contributed by atoms with Gasteiger partial charge in [0.25, 0.3) is 0 Å². The first-order valence-electron chi connectivity index (χ1n) is 6.34. The van der Waals surface area contributed by atoms with Crippen LogP contribution in [0.1, 0.15) is 19.1 Å². The topological polar surface area (TPSA) is 67.2 Å². The number of nitrogens with one attached hydrogen (secondary N) is 2. The van der Waals surface area contributed by atoms with E-state index in [0.717, 1.165) is 10.2 Å². The predicted octanol–water partition coefficient (Wildman–Crippen LogP) is 3.57. The number of benzene rings is 1. The standard InChI is InChI=1S/C14H16BrN3O2/c1-3-12(16-11-6-4-10(15)5-7-11)14(19)17-13-8-9(2)20-18-13/h4-8,12,16H,3H2,1-2H3,(H,17,18,19)/t12-/m1/s1. The van der Waals surface area contributed by atoms with E-state index >= 15 is 0 Å². The van der Waals surface area contributed by atoms with Crippen LogP contribution in [-0.2, 0) is 4.79 Å². The average molecular weight is 338 g/mol. The normalized spacial score (nSPS) is 11.9. The number of carbonyl (C=O) groups is 1. The third-order valence-corrected chi connectivity index (χ3v) is 3.32. The molecule has 1 amide bonds. The molecule has 2 N–H and O–H groups in total. The second-order valence-electron chi connectivity index (χ2n) is 4.42. The number of aryl methyl sites for hydroxylation is 1. The largest absolute Gasteiger partial charge is 0.374 e. The molecule has 0 aliphatic heterocycles. The van der Waals surface area contributed by atoms with Gasteiger partial charge in [-0.05, 0) is 37.6 Å². The molecule has 0 saturated heterocycles. The summed E-state index contributed by atoms with van der Waals surface area (Å²) in [6.45, 7) is 3.73. The molecule has 106 valence electrons. The van der Waals surface area contributed by atoms with Gasteiger partial charge in [-0.2, -0.15) is 0 Å². The molecule has 0 unspecified atom stereocenters. The van der Waals surface area contributed by atoms with Gasteiger partial charge in [0.1, 0.15) is 11.8 Å². The van der Waals surface area contributed by atoms with Crippen LogP contribution in [-0.4, -0.2) is 17.1 Å². The summed E-state index contributed by atoms with van der Waals surface area (Å²) in [6, 6.07) is 9.04. The first-order chi connectivity index (χ1) is 9.58. The Morgan fingerprint density at radius 2 is 2.10 bits per heavy atom. The van der Waals surface area contributed by atoms with Crippen molar-refractivity contribution >= 4 is 33.3 Å². The molecule has 0 spiro atoms. The van der Waals surface area contributed by atoms with Gasteiger partial charge in [0, 0.05) is 16.2 Å². The van der Waals surface area contributed by atoms with Gasteiger partial charge in [-0.1, -0.05) is 28.0 Å². The molecule has 2 aromatic rings. The van der Waals surface area contributed by atoms with Crippen molar-refractivity contribution in [2.75, 3.05) is 10.6 Å². The zero-order chi connectivity index (χ0) is 14.5. The second kappa shape index (κ2) is 6.56. The lowest BCUT2D eigenvalue weighted by molar-refractivity contribution is -0.117. The molecule has 2 rings (SSSR count). The third-order valence-electron chi connectivity index (χ3n) is 2.79. The molecular weight excluding hydrogens is 322 g/mol. The minimum atomic E-state index is -0.326. The molecule has 5 nitrogen and oxygen atoms in total. The third kappa shape index (κ3) is 3.84. The van der Waals surface area contributed by atoms with Crippen LogP contribution in [0.2, 0.25) is 0 Å². The number of nitrogens with zero attached hydrogens (tertiary/aromatic N) is 1. The Bertz CT molecular complexity index is 580. The van der Waals surface area contributed by atoms with Crippen molar-refractivity contribution in [3.63, 3.8) is 0 Å². The fourth-order valence-electron chi connectivity index (χ4n) is 1.74. The van der Waals surface area contributed by atoms with E-state index < -0.39 is 0 Å². The Labute approximate surface area is 125 Å². The van der Waals surface area contributed by atoms with Gasteiger partial charge in [0.15, 0.2) is 5.82 Å². The summed E-state index contributed by atoms with van der Waals surface area (Å²) in [5, 5.41) is 9.67. The Morgan fingerprint density at radius 1 is 1.40 bits per heavy atom. The van der Waals surface area contributed by atoms with Gasteiger partial charge in [-0.3, -0.25) is 4.79 Å². The maximum atomic E-state index is 12.2. The summed E-state index contributed by atoms with van der Waals surface area (Å²) in [5.74, 6) is 0.960. The highest BCUT2D eigenvalue weighted by Gasteiger charge is 2.17. The lowest BCUT2D eigenvalue weighted by Crippen LogP contribution is -2.34. The van der Waals surface area contributed by atoms with Crippen molar-refractivity contribution in [2.45, 2.75) is 26.3 Å². The predicted molar refractivity (Wildman–Crippen MR) is 81.7 cm³/mol. The Morgan fingerprint density at radius 3 is 2.65 bits per heavy atom. The van der Waals surface area contributed by atoms with Crippen LogP contribution >= 0.6 is 15.9 Å².